The zero-order valence-corrected chi connectivity index (χ0v) is 11.0. The summed E-state index contributed by atoms with van der Waals surface area (Å²) in [5.74, 6) is 0. The largest absolute Gasteiger partial charge is 0.374 e. The Labute approximate surface area is 109 Å². The molecule has 0 saturated heterocycles. The maximum absolute atomic E-state index is 5.55. The van der Waals surface area contributed by atoms with Crippen LogP contribution in [0.1, 0.15) is 5.69 Å². The van der Waals surface area contributed by atoms with Gasteiger partial charge in [-0.15, -0.1) is 0 Å². The lowest BCUT2D eigenvalue weighted by Crippen LogP contribution is -2.30. The molecular formula is C13H23N5. The van der Waals surface area contributed by atoms with Crippen LogP contribution in [-0.4, -0.2) is 48.0 Å². The van der Waals surface area contributed by atoms with Crippen molar-refractivity contribution in [1.29, 1.82) is 0 Å². The van der Waals surface area contributed by atoms with E-state index in [-0.39, 0.29) is 0 Å². The van der Waals surface area contributed by atoms with Gasteiger partial charge in [0, 0.05) is 51.8 Å². The van der Waals surface area contributed by atoms with E-state index >= 15 is 0 Å². The second-order valence-corrected chi connectivity index (χ2v) is 4.15. The van der Waals surface area contributed by atoms with Gasteiger partial charge >= 0.3 is 0 Å². The number of aromatic nitrogens is 1. The molecule has 1 heterocycles. The van der Waals surface area contributed by atoms with Gasteiger partial charge in [0.2, 0.25) is 0 Å². The number of pyridine rings is 1. The van der Waals surface area contributed by atoms with E-state index in [0.29, 0.717) is 13.1 Å². The second-order valence-electron chi connectivity index (χ2n) is 4.15. The average molecular weight is 249 g/mol. The monoisotopic (exact) mass is 249 g/mol. The van der Waals surface area contributed by atoms with Crippen molar-refractivity contribution in [3.05, 3.63) is 42.5 Å². The van der Waals surface area contributed by atoms with Crippen molar-refractivity contribution >= 4 is 0 Å². The molecule has 0 aliphatic heterocycles. The lowest BCUT2D eigenvalue weighted by molar-refractivity contribution is 0.373. The first-order chi connectivity index (χ1) is 8.76. The van der Waals surface area contributed by atoms with Crippen molar-refractivity contribution in [1.82, 2.24) is 14.8 Å². The van der Waals surface area contributed by atoms with E-state index in [4.69, 9.17) is 11.5 Å². The van der Waals surface area contributed by atoms with Crippen LogP contribution in [0, 0.1) is 0 Å². The van der Waals surface area contributed by atoms with Crippen molar-refractivity contribution in [3.63, 3.8) is 0 Å². The molecule has 0 spiro atoms. The van der Waals surface area contributed by atoms with Crippen molar-refractivity contribution < 1.29 is 0 Å². The lowest BCUT2D eigenvalue weighted by Gasteiger charge is -2.20. The van der Waals surface area contributed by atoms with Crippen molar-refractivity contribution in [2.75, 3.05) is 33.2 Å². The van der Waals surface area contributed by atoms with Crippen LogP contribution in [0.4, 0.5) is 0 Å². The minimum Gasteiger partial charge on any atom is -0.374 e. The summed E-state index contributed by atoms with van der Waals surface area (Å²) in [7, 11) is 2.02. The molecule has 1 aromatic heterocycles. The molecule has 0 radical (unpaired) electrons. The van der Waals surface area contributed by atoms with E-state index < -0.39 is 0 Å². The molecule has 0 saturated carbocycles. The van der Waals surface area contributed by atoms with Gasteiger partial charge in [0.1, 0.15) is 0 Å². The molecule has 0 amide bonds. The van der Waals surface area contributed by atoms with Crippen LogP contribution < -0.4 is 11.5 Å². The molecule has 0 bridgehead atoms. The van der Waals surface area contributed by atoms with Gasteiger partial charge in [0.15, 0.2) is 0 Å². The summed E-state index contributed by atoms with van der Waals surface area (Å²) in [5.41, 5.74) is 12.1. The van der Waals surface area contributed by atoms with Crippen LogP contribution in [0.3, 0.4) is 0 Å². The smallest absolute Gasteiger partial charge is 0.0596 e. The Morgan fingerprint density at radius 2 is 1.89 bits per heavy atom. The maximum Gasteiger partial charge on any atom is 0.0596 e. The van der Waals surface area contributed by atoms with E-state index in [9.17, 15) is 0 Å². The zero-order valence-electron chi connectivity index (χ0n) is 11.0. The zero-order chi connectivity index (χ0) is 13.2. The quantitative estimate of drug-likeness (QED) is 0.689. The molecule has 0 aliphatic carbocycles. The maximum atomic E-state index is 5.55. The first-order valence-electron chi connectivity index (χ1n) is 6.19. The summed E-state index contributed by atoms with van der Waals surface area (Å²) < 4.78 is 0. The fourth-order valence-electron chi connectivity index (χ4n) is 1.60. The predicted octanol–water partition coefficient (Wildman–Crippen LogP) is 0.204. The lowest BCUT2D eigenvalue weighted by atomic mass is 10.3. The fourth-order valence-corrected chi connectivity index (χ4v) is 1.60. The number of rotatable bonds is 8. The molecule has 0 aliphatic rings. The molecule has 100 valence electrons. The standard InChI is InChI=1S/C13H23N5/c1-17(12-13-4-2-3-7-16-13)10-11-18(8-5-14)9-6-15/h2-4,7,10-11H,5-6,8-9,12,14-15H2,1H3. The molecule has 0 unspecified atom stereocenters. The van der Waals surface area contributed by atoms with Crippen LogP contribution in [0.5, 0.6) is 0 Å². The first-order valence-corrected chi connectivity index (χ1v) is 6.19. The van der Waals surface area contributed by atoms with E-state index in [1.54, 1.807) is 0 Å². The molecule has 4 N–H and O–H groups in total. The van der Waals surface area contributed by atoms with Crippen LogP contribution in [0.25, 0.3) is 0 Å². The van der Waals surface area contributed by atoms with Gasteiger partial charge < -0.3 is 21.3 Å². The first kappa shape index (κ1) is 14.5. The minimum absolute atomic E-state index is 0.633. The highest BCUT2D eigenvalue weighted by Crippen LogP contribution is 1.99. The number of hydrogen-bond acceptors (Lipinski definition) is 5. The van der Waals surface area contributed by atoms with Gasteiger partial charge in [0.25, 0.3) is 0 Å². The highest BCUT2D eigenvalue weighted by molar-refractivity contribution is 5.03. The minimum atomic E-state index is 0.633. The summed E-state index contributed by atoms with van der Waals surface area (Å²) in [6, 6.07) is 5.93. The Morgan fingerprint density at radius 1 is 1.17 bits per heavy atom. The van der Waals surface area contributed by atoms with Gasteiger partial charge in [-0.25, -0.2) is 0 Å². The molecular weight excluding hydrogens is 226 g/mol. The highest BCUT2D eigenvalue weighted by atomic mass is 15.1. The Bertz CT molecular complexity index is 332. The second kappa shape index (κ2) is 8.49. The fraction of sp³-hybridized carbons (Fsp3) is 0.462. The Morgan fingerprint density at radius 3 is 2.44 bits per heavy atom. The normalized spacial score (nSPS) is 10.8. The average Bonchev–Trinajstić information content (AvgIpc) is 2.38. The van der Waals surface area contributed by atoms with E-state index in [2.05, 4.69) is 14.8 Å². The van der Waals surface area contributed by atoms with E-state index in [0.717, 1.165) is 25.3 Å². The van der Waals surface area contributed by atoms with Crippen LogP contribution in [0.15, 0.2) is 36.8 Å². The summed E-state index contributed by atoms with van der Waals surface area (Å²) in [4.78, 5) is 8.49. The number of nitrogens with zero attached hydrogens (tertiary/aromatic N) is 3. The topological polar surface area (TPSA) is 71.4 Å². The molecule has 18 heavy (non-hydrogen) atoms. The Kier molecular flexibility index (Phi) is 6.83. The van der Waals surface area contributed by atoms with Crippen LogP contribution in [-0.2, 0) is 6.54 Å². The number of nitrogens with two attached hydrogens (primary N) is 2. The number of hydrogen-bond donors (Lipinski definition) is 2. The molecule has 1 rings (SSSR count). The third kappa shape index (κ3) is 5.65. The molecule has 5 nitrogen and oxygen atoms in total. The van der Waals surface area contributed by atoms with Gasteiger partial charge in [-0.2, -0.15) is 0 Å². The summed E-state index contributed by atoms with van der Waals surface area (Å²) in [6.45, 7) is 3.70. The molecule has 0 aromatic carbocycles. The van der Waals surface area contributed by atoms with Gasteiger partial charge in [-0.3, -0.25) is 4.98 Å². The highest BCUT2D eigenvalue weighted by Gasteiger charge is 1.98. The van der Waals surface area contributed by atoms with Crippen LogP contribution >= 0.6 is 0 Å². The molecule has 0 atom stereocenters. The van der Waals surface area contributed by atoms with Crippen LogP contribution in [0.2, 0.25) is 0 Å². The molecule has 1 aromatic rings. The SMILES string of the molecule is CN(C=CN(CCN)CCN)Cc1ccccn1. The third-order valence-electron chi connectivity index (χ3n) is 2.50. The molecule has 0 fully saturated rings. The van der Waals surface area contributed by atoms with E-state index in [1.165, 1.54) is 0 Å². The van der Waals surface area contributed by atoms with Gasteiger partial charge in [-0.05, 0) is 12.1 Å². The molecule has 5 heteroatoms. The summed E-state index contributed by atoms with van der Waals surface area (Å²) >= 11 is 0. The Balaban J connectivity index is 2.44. The summed E-state index contributed by atoms with van der Waals surface area (Å²) in [5, 5.41) is 0. The summed E-state index contributed by atoms with van der Waals surface area (Å²) in [6.07, 6.45) is 5.87. The van der Waals surface area contributed by atoms with Gasteiger partial charge in [0.05, 0.1) is 12.2 Å². The van der Waals surface area contributed by atoms with Crippen molar-refractivity contribution in [3.8, 4) is 0 Å². The van der Waals surface area contributed by atoms with Gasteiger partial charge in [-0.1, -0.05) is 6.07 Å². The predicted molar refractivity (Wildman–Crippen MR) is 74.5 cm³/mol. The Hall–Kier alpha value is -1.59. The van der Waals surface area contributed by atoms with Crippen molar-refractivity contribution in [2.45, 2.75) is 6.54 Å². The van der Waals surface area contributed by atoms with E-state index in [1.807, 2.05) is 43.8 Å². The third-order valence-corrected chi connectivity index (χ3v) is 2.50. The van der Waals surface area contributed by atoms with Crippen molar-refractivity contribution in [2.24, 2.45) is 11.5 Å².